The van der Waals surface area contributed by atoms with Crippen LogP contribution in [0.1, 0.15) is 45.0 Å². The zero-order chi connectivity index (χ0) is 15.1. The molecule has 5 heteroatoms. The molecule has 2 atom stereocenters. The lowest BCUT2D eigenvalue weighted by molar-refractivity contribution is 0.531. The van der Waals surface area contributed by atoms with Crippen molar-refractivity contribution in [2.24, 2.45) is 7.05 Å². The maximum atomic E-state index is 6.36. The number of aromatic nitrogens is 2. The third-order valence-corrected chi connectivity index (χ3v) is 5.53. The van der Waals surface area contributed by atoms with Gasteiger partial charge in [-0.2, -0.15) is 16.9 Å². The van der Waals surface area contributed by atoms with Crippen LogP contribution in [0.5, 0.6) is 0 Å². The third-order valence-electron chi connectivity index (χ3n) is 3.54. The van der Waals surface area contributed by atoms with Crippen LogP contribution in [0.2, 0.25) is 5.02 Å². The van der Waals surface area contributed by atoms with E-state index in [4.69, 9.17) is 11.6 Å². The molecule has 3 nitrogen and oxygen atoms in total. The van der Waals surface area contributed by atoms with Crippen molar-refractivity contribution in [1.82, 2.24) is 15.1 Å². The lowest BCUT2D eigenvalue weighted by atomic mass is 10.1. The Balaban J connectivity index is 2.67. The van der Waals surface area contributed by atoms with Crippen LogP contribution in [-0.2, 0) is 13.5 Å². The van der Waals surface area contributed by atoms with Crippen LogP contribution in [0.15, 0.2) is 0 Å². The molecule has 1 rings (SSSR count). The maximum absolute atomic E-state index is 6.36. The minimum absolute atomic E-state index is 0.459. The largest absolute Gasteiger partial charge is 0.313 e. The number of hydrogen-bond acceptors (Lipinski definition) is 3. The van der Waals surface area contributed by atoms with Gasteiger partial charge in [-0.3, -0.25) is 4.68 Å². The van der Waals surface area contributed by atoms with E-state index in [1.165, 1.54) is 6.42 Å². The zero-order valence-electron chi connectivity index (χ0n) is 13.4. The summed E-state index contributed by atoms with van der Waals surface area (Å²) in [6.45, 7) is 9.76. The smallest absolute Gasteiger partial charge is 0.0847 e. The summed E-state index contributed by atoms with van der Waals surface area (Å²) >= 11 is 8.40. The lowest BCUT2D eigenvalue weighted by Gasteiger charge is -2.20. The van der Waals surface area contributed by atoms with Gasteiger partial charge >= 0.3 is 0 Å². The molecule has 0 saturated carbocycles. The molecule has 0 aliphatic rings. The van der Waals surface area contributed by atoms with Crippen molar-refractivity contribution in [3.8, 4) is 0 Å². The standard InChI is InChI=1S/C15H28ClN3S/c1-6-8-17-13(10-20-11(3)7-2)9-14-15(16)12(4)18-19(14)5/h11,13,17H,6-10H2,1-5H3. The van der Waals surface area contributed by atoms with Crippen molar-refractivity contribution < 1.29 is 0 Å². The van der Waals surface area contributed by atoms with Crippen LogP contribution in [0.25, 0.3) is 0 Å². The predicted octanol–water partition coefficient (Wildman–Crippen LogP) is 3.82. The van der Waals surface area contributed by atoms with E-state index in [0.29, 0.717) is 11.3 Å². The zero-order valence-corrected chi connectivity index (χ0v) is 14.9. The van der Waals surface area contributed by atoms with Crippen LogP contribution in [-0.4, -0.2) is 33.4 Å². The molecule has 0 aliphatic carbocycles. The summed E-state index contributed by atoms with van der Waals surface area (Å²) in [6.07, 6.45) is 3.32. The molecule has 1 N–H and O–H groups in total. The van der Waals surface area contributed by atoms with E-state index in [2.05, 4.69) is 31.2 Å². The van der Waals surface area contributed by atoms with Crippen LogP contribution in [0.3, 0.4) is 0 Å². The first-order valence-corrected chi connectivity index (χ1v) is 8.95. The number of nitrogens with one attached hydrogen (secondary N) is 1. The van der Waals surface area contributed by atoms with Crippen molar-refractivity contribution >= 4 is 23.4 Å². The quantitative estimate of drug-likeness (QED) is 0.751. The Morgan fingerprint density at radius 2 is 2.10 bits per heavy atom. The Morgan fingerprint density at radius 1 is 1.40 bits per heavy atom. The summed E-state index contributed by atoms with van der Waals surface area (Å²) in [7, 11) is 1.98. The first-order chi connectivity index (χ1) is 9.49. The lowest BCUT2D eigenvalue weighted by Crippen LogP contribution is -2.35. The fourth-order valence-corrected chi connectivity index (χ4v) is 3.34. The van der Waals surface area contributed by atoms with E-state index in [9.17, 15) is 0 Å². The van der Waals surface area contributed by atoms with Gasteiger partial charge in [0.25, 0.3) is 0 Å². The predicted molar refractivity (Wildman–Crippen MR) is 91.0 cm³/mol. The average molecular weight is 318 g/mol. The average Bonchev–Trinajstić information content (AvgIpc) is 2.67. The molecule has 0 amide bonds. The minimum atomic E-state index is 0.459. The molecule has 1 aromatic rings. The number of rotatable bonds is 9. The van der Waals surface area contributed by atoms with Crippen LogP contribution in [0, 0.1) is 6.92 Å². The van der Waals surface area contributed by atoms with E-state index in [1.54, 1.807) is 0 Å². The highest BCUT2D eigenvalue weighted by molar-refractivity contribution is 7.99. The Hall–Kier alpha value is -0.190. The Kier molecular flexibility index (Phi) is 8.00. The second-order valence-corrected chi connectivity index (χ2v) is 7.23. The molecule has 0 aliphatic heterocycles. The molecular formula is C15H28ClN3S. The van der Waals surface area contributed by atoms with E-state index >= 15 is 0 Å². The van der Waals surface area contributed by atoms with Crippen LogP contribution in [0.4, 0.5) is 0 Å². The molecular weight excluding hydrogens is 290 g/mol. The first-order valence-electron chi connectivity index (χ1n) is 7.52. The van der Waals surface area contributed by atoms with Gasteiger partial charge in [-0.1, -0.05) is 32.4 Å². The van der Waals surface area contributed by atoms with Gasteiger partial charge < -0.3 is 5.32 Å². The fraction of sp³-hybridized carbons (Fsp3) is 0.800. The topological polar surface area (TPSA) is 29.9 Å². The summed E-state index contributed by atoms with van der Waals surface area (Å²) in [4.78, 5) is 0. The molecule has 116 valence electrons. The van der Waals surface area contributed by atoms with Gasteiger partial charge in [0.15, 0.2) is 0 Å². The van der Waals surface area contributed by atoms with Gasteiger partial charge in [-0.05, 0) is 26.3 Å². The molecule has 2 unspecified atom stereocenters. The Bertz CT molecular complexity index is 406. The van der Waals surface area contributed by atoms with Gasteiger partial charge in [0, 0.05) is 30.5 Å². The Morgan fingerprint density at radius 3 is 2.60 bits per heavy atom. The van der Waals surface area contributed by atoms with Crippen molar-refractivity contribution in [3.05, 3.63) is 16.4 Å². The van der Waals surface area contributed by atoms with E-state index in [-0.39, 0.29) is 0 Å². The summed E-state index contributed by atoms with van der Waals surface area (Å²) in [5.74, 6) is 1.12. The fourth-order valence-electron chi connectivity index (χ4n) is 2.07. The van der Waals surface area contributed by atoms with E-state index in [0.717, 1.165) is 41.5 Å². The SMILES string of the molecule is CCCNC(CSC(C)CC)Cc1c(Cl)c(C)nn1C. The van der Waals surface area contributed by atoms with E-state index in [1.807, 2.05) is 30.4 Å². The molecule has 0 fully saturated rings. The molecule has 1 aromatic heterocycles. The van der Waals surface area contributed by atoms with Gasteiger partial charge in [0.2, 0.25) is 0 Å². The van der Waals surface area contributed by atoms with Crippen molar-refractivity contribution in [1.29, 1.82) is 0 Å². The Labute approximate surface area is 132 Å². The maximum Gasteiger partial charge on any atom is 0.0847 e. The molecule has 20 heavy (non-hydrogen) atoms. The number of hydrogen-bond donors (Lipinski definition) is 1. The summed E-state index contributed by atoms with van der Waals surface area (Å²) < 4.78 is 1.92. The number of aryl methyl sites for hydroxylation is 2. The normalized spacial score (nSPS) is 14.5. The molecule has 0 spiro atoms. The highest BCUT2D eigenvalue weighted by atomic mass is 35.5. The number of halogens is 1. The monoisotopic (exact) mass is 317 g/mol. The summed E-state index contributed by atoms with van der Waals surface area (Å²) in [5.41, 5.74) is 2.07. The van der Waals surface area contributed by atoms with E-state index < -0.39 is 0 Å². The van der Waals surface area contributed by atoms with Crippen molar-refractivity contribution in [2.45, 2.75) is 58.2 Å². The summed E-state index contributed by atoms with van der Waals surface area (Å²) in [6, 6.07) is 0.459. The van der Waals surface area contributed by atoms with Gasteiger partial charge in [0.1, 0.15) is 0 Å². The van der Waals surface area contributed by atoms with Gasteiger partial charge in [-0.25, -0.2) is 0 Å². The molecule has 1 heterocycles. The highest BCUT2D eigenvalue weighted by Crippen LogP contribution is 2.22. The van der Waals surface area contributed by atoms with Crippen molar-refractivity contribution in [3.63, 3.8) is 0 Å². The van der Waals surface area contributed by atoms with Crippen LogP contribution >= 0.6 is 23.4 Å². The first kappa shape index (κ1) is 17.9. The molecule has 0 aromatic carbocycles. The second kappa shape index (κ2) is 8.96. The number of nitrogens with zero attached hydrogens (tertiary/aromatic N) is 2. The van der Waals surface area contributed by atoms with Crippen molar-refractivity contribution in [2.75, 3.05) is 12.3 Å². The molecule has 0 bridgehead atoms. The van der Waals surface area contributed by atoms with Gasteiger partial charge in [-0.15, -0.1) is 0 Å². The van der Waals surface area contributed by atoms with Crippen LogP contribution < -0.4 is 5.32 Å². The molecule has 0 saturated heterocycles. The van der Waals surface area contributed by atoms with Gasteiger partial charge in [0.05, 0.1) is 16.4 Å². The highest BCUT2D eigenvalue weighted by Gasteiger charge is 2.17. The minimum Gasteiger partial charge on any atom is -0.313 e. The summed E-state index contributed by atoms with van der Waals surface area (Å²) in [5, 5.41) is 9.58. The number of thioether (sulfide) groups is 1. The third kappa shape index (κ3) is 5.30. The second-order valence-electron chi connectivity index (χ2n) is 5.38. The molecule has 0 radical (unpaired) electrons.